The highest BCUT2D eigenvalue weighted by Crippen LogP contribution is 2.34. The van der Waals surface area contributed by atoms with Gasteiger partial charge in [-0.2, -0.15) is 0 Å². The van der Waals surface area contributed by atoms with Gasteiger partial charge in [0, 0.05) is 5.56 Å². The van der Waals surface area contributed by atoms with Crippen molar-refractivity contribution >= 4 is 38.1 Å². The van der Waals surface area contributed by atoms with Gasteiger partial charge in [-0.15, -0.1) is 10.2 Å². The van der Waals surface area contributed by atoms with E-state index in [1.807, 2.05) is 6.92 Å². The maximum absolute atomic E-state index is 13.3. The second-order valence-electron chi connectivity index (χ2n) is 5.33. The van der Waals surface area contributed by atoms with E-state index in [1.165, 1.54) is 35.6 Å². The zero-order valence-electron chi connectivity index (χ0n) is 13.9. The van der Waals surface area contributed by atoms with Crippen LogP contribution in [0, 0.1) is 0 Å². The summed E-state index contributed by atoms with van der Waals surface area (Å²) in [6.07, 6.45) is 0.660. The number of nitrogens with two attached hydrogens (primary N) is 1. The molecule has 3 aromatic rings. The lowest BCUT2D eigenvalue weighted by Crippen LogP contribution is -2.26. The number of hydrogen-bond acceptors (Lipinski definition) is 6. The van der Waals surface area contributed by atoms with Crippen molar-refractivity contribution in [1.29, 1.82) is 0 Å². The Bertz CT molecular complexity index is 1020. The first kappa shape index (κ1) is 18.0. The molecule has 3 rings (SSSR count). The van der Waals surface area contributed by atoms with E-state index in [1.54, 1.807) is 30.3 Å². The number of sulfonamides is 1. The quantitative estimate of drug-likeness (QED) is 0.699. The minimum absolute atomic E-state index is 0.0274. The van der Waals surface area contributed by atoms with Crippen molar-refractivity contribution in [3.8, 4) is 0 Å². The van der Waals surface area contributed by atoms with Gasteiger partial charge in [-0.25, -0.2) is 12.7 Å². The first-order valence-corrected chi connectivity index (χ1v) is 10.0. The second kappa shape index (κ2) is 7.22. The van der Waals surface area contributed by atoms with Gasteiger partial charge in [-0.05, 0) is 42.8 Å². The van der Waals surface area contributed by atoms with Gasteiger partial charge in [0.05, 0.1) is 10.6 Å². The zero-order chi connectivity index (χ0) is 18.7. The number of rotatable bonds is 6. The Morgan fingerprint density at radius 3 is 2.27 bits per heavy atom. The Morgan fingerprint density at radius 1 is 1.08 bits per heavy atom. The molecule has 26 heavy (non-hydrogen) atoms. The van der Waals surface area contributed by atoms with Gasteiger partial charge in [0.25, 0.3) is 10.0 Å². The molecule has 2 N–H and O–H groups in total. The molecular weight excluding hydrogens is 372 g/mol. The fourth-order valence-electron chi connectivity index (χ4n) is 2.28. The predicted molar refractivity (Wildman–Crippen MR) is 100 cm³/mol. The molecule has 134 valence electrons. The van der Waals surface area contributed by atoms with Crippen molar-refractivity contribution in [3.05, 3.63) is 65.2 Å². The SMILES string of the molecule is CCc1nnc(N(c2ccccc2)S(=O)(=O)c2ccc(C(N)=O)cc2)s1. The number of amides is 1. The van der Waals surface area contributed by atoms with Crippen molar-refractivity contribution in [2.75, 3.05) is 4.31 Å². The van der Waals surface area contributed by atoms with Crippen molar-refractivity contribution in [2.24, 2.45) is 5.73 Å². The van der Waals surface area contributed by atoms with Crippen LogP contribution >= 0.6 is 11.3 Å². The van der Waals surface area contributed by atoms with Crippen molar-refractivity contribution < 1.29 is 13.2 Å². The number of aromatic nitrogens is 2. The molecule has 0 radical (unpaired) electrons. The van der Waals surface area contributed by atoms with E-state index in [4.69, 9.17) is 5.73 Å². The highest BCUT2D eigenvalue weighted by Gasteiger charge is 2.29. The molecule has 1 heterocycles. The van der Waals surface area contributed by atoms with Crippen molar-refractivity contribution in [2.45, 2.75) is 18.2 Å². The lowest BCUT2D eigenvalue weighted by molar-refractivity contribution is 0.1000. The molecule has 0 aliphatic heterocycles. The van der Waals surface area contributed by atoms with E-state index in [-0.39, 0.29) is 15.6 Å². The Balaban J connectivity index is 2.12. The van der Waals surface area contributed by atoms with Crippen LogP contribution in [0.2, 0.25) is 0 Å². The average molecular weight is 388 g/mol. The molecule has 0 atom stereocenters. The Labute approximate surface area is 155 Å². The lowest BCUT2D eigenvalue weighted by Gasteiger charge is -2.21. The molecule has 0 aliphatic carbocycles. The van der Waals surface area contributed by atoms with Crippen LogP contribution in [0.5, 0.6) is 0 Å². The highest BCUT2D eigenvalue weighted by molar-refractivity contribution is 7.93. The second-order valence-corrected chi connectivity index (χ2v) is 8.15. The zero-order valence-corrected chi connectivity index (χ0v) is 15.5. The summed E-state index contributed by atoms with van der Waals surface area (Å²) < 4.78 is 27.7. The summed E-state index contributed by atoms with van der Waals surface area (Å²) in [6, 6.07) is 14.1. The molecule has 0 bridgehead atoms. The number of para-hydroxylation sites is 1. The number of carbonyl (C=O) groups is 1. The van der Waals surface area contributed by atoms with E-state index in [0.717, 1.165) is 9.31 Å². The van der Waals surface area contributed by atoms with Gasteiger partial charge in [0.1, 0.15) is 5.01 Å². The third-order valence-electron chi connectivity index (χ3n) is 3.60. The van der Waals surface area contributed by atoms with E-state index >= 15 is 0 Å². The third-order valence-corrected chi connectivity index (χ3v) is 6.50. The van der Waals surface area contributed by atoms with Crippen LogP contribution in [0.3, 0.4) is 0 Å². The van der Waals surface area contributed by atoms with Gasteiger partial charge < -0.3 is 5.73 Å². The van der Waals surface area contributed by atoms with Crippen LogP contribution in [-0.2, 0) is 16.4 Å². The van der Waals surface area contributed by atoms with Crippen LogP contribution in [-0.4, -0.2) is 24.5 Å². The maximum atomic E-state index is 13.3. The van der Waals surface area contributed by atoms with E-state index in [9.17, 15) is 13.2 Å². The van der Waals surface area contributed by atoms with Gasteiger partial charge in [-0.1, -0.05) is 36.5 Å². The van der Waals surface area contributed by atoms with Gasteiger partial charge >= 0.3 is 0 Å². The highest BCUT2D eigenvalue weighted by atomic mass is 32.2. The number of primary amides is 1. The van der Waals surface area contributed by atoms with E-state index in [0.29, 0.717) is 12.1 Å². The number of carbonyl (C=O) groups excluding carboxylic acids is 1. The van der Waals surface area contributed by atoms with Crippen LogP contribution in [0.1, 0.15) is 22.3 Å². The topological polar surface area (TPSA) is 106 Å². The van der Waals surface area contributed by atoms with Gasteiger partial charge in [0.15, 0.2) is 0 Å². The van der Waals surface area contributed by atoms with E-state index < -0.39 is 15.9 Å². The number of hydrogen-bond donors (Lipinski definition) is 1. The standard InChI is InChI=1S/C17H16N4O3S2/c1-2-15-19-20-17(25-15)21(13-6-4-3-5-7-13)26(23,24)14-10-8-12(9-11-14)16(18)22/h3-11H,2H2,1H3,(H2,18,22). The molecule has 0 saturated carbocycles. The number of anilines is 2. The third kappa shape index (κ3) is 3.44. The van der Waals surface area contributed by atoms with Crippen LogP contribution in [0.4, 0.5) is 10.8 Å². The molecule has 0 aliphatic rings. The normalized spacial score (nSPS) is 11.3. The average Bonchev–Trinajstić information content (AvgIpc) is 3.11. The Kier molecular flexibility index (Phi) is 5.01. The summed E-state index contributed by atoms with van der Waals surface area (Å²) in [6.45, 7) is 1.92. The fourth-order valence-corrected chi connectivity index (χ4v) is 4.73. The van der Waals surface area contributed by atoms with E-state index in [2.05, 4.69) is 10.2 Å². The molecule has 0 saturated heterocycles. The predicted octanol–water partition coefficient (Wildman–Crippen LogP) is 2.73. The van der Waals surface area contributed by atoms with Crippen LogP contribution in [0.25, 0.3) is 0 Å². The summed E-state index contributed by atoms with van der Waals surface area (Å²) in [5.41, 5.74) is 5.90. The van der Waals surface area contributed by atoms with Crippen molar-refractivity contribution in [3.63, 3.8) is 0 Å². The molecule has 1 aromatic heterocycles. The summed E-state index contributed by atoms with van der Waals surface area (Å²) in [5.74, 6) is -0.620. The van der Waals surface area contributed by atoms with Gasteiger partial charge in [0.2, 0.25) is 11.0 Å². The minimum atomic E-state index is -3.96. The number of aryl methyl sites for hydroxylation is 1. The smallest absolute Gasteiger partial charge is 0.270 e. The van der Waals surface area contributed by atoms with Gasteiger partial charge in [-0.3, -0.25) is 4.79 Å². The summed E-state index contributed by atoms with van der Waals surface area (Å²) in [4.78, 5) is 11.2. The molecule has 1 amide bonds. The summed E-state index contributed by atoms with van der Waals surface area (Å²) in [5, 5.41) is 9.06. The monoisotopic (exact) mass is 388 g/mol. The Hall–Kier alpha value is -2.78. The van der Waals surface area contributed by atoms with Crippen LogP contribution in [0.15, 0.2) is 59.5 Å². The largest absolute Gasteiger partial charge is 0.366 e. The lowest BCUT2D eigenvalue weighted by atomic mass is 10.2. The minimum Gasteiger partial charge on any atom is -0.366 e. The fraction of sp³-hybridized carbons (Fsp3) is 0.118. The molecule has 9 heteroatoms. The first-order chi connectivity index (χ1) is 12.4. The Morgan fingerprint density at radius 2 is 1.73 bits per heavy atom. The number of benzene rings is 2. The van der Waals surface area contributed by atoms with Crippen LogP contribution < -0.4 is 10.0 Å². The maximum Gasteiger partial charge on any atom is 0.270 e. The molecular formula is C17H16N4O3S2. The molecule has 0 fully saturated rings. The van der Waals surface area contributed by atoms with Crippen molar-refractivity contribution in [1.82, 2.24) is 10.2 Å². The number of nitrogens with zero attached hydrogens (tertiary/aromatic N) is 3. The molecule has 0 unspecified atom stereocenters. The molecule has 0 spiro atoms. The first-order valence-electron chi connectivity index (χ1n) is 7.76. The summed E-state index contributed by atoms with van der Waals surface area (Å²) in [7, 11) is -3.96. The summed E-state index contributed by atoms with van der Waals surface area (Å²) >= 11 is 1.22. The molecule has 2 aromatic carbocycles. The molecule has 7 nitrogen and oxygen atoms in total.